The molecular formula is C11H11NO3. The van der Waals surface area contributed by atoms with Gasteiger partial charge in [0, 0.05) is 0 Å². The van der Waals surface area contributed by atoms with E-state index in [-0.39, 0.29) is 19.2 Å². The Hall–Kier alpha value is -1.81. The van der Waals surface area contributed by atoms with Crippen molar-refractivity contribution in [1.82, 2.24) is 5.32 Å². The van der Waals surface area contributed by atoms with Gasteiger partial charge in [0.1, 0.15) is 12.4 Å². The zero-order chi connectivity index (χ0) is 10.7. The van der Waals surface area contributed by atoms with Crippen LogP contribution >= 0.6 is 0 Å². The van der Waals surface area contributed by atoms with E-state index in [0.29, 0.717) is 11.3 Å². The van der Waals surface area contributed by atoms with Crippen LogP contribution in [0.3, 0.4) is 0 Å². The Balaban J connectivity index is 2.47. The summed E-state index contributed by atoms with van der Waals surface area (Å²) in [6.45, 7) is -0.150. The number of ether oxygens (including phenoxy) is 1. The predicted octanol–water partition coefficient (Wildman–Crippen LogP) is 0.494. The third-order valence-corrected chi connectivity index (χ3v) is 2.19. The molecule has 0 bridgehead atoms. The molecule has 15 heavy (non-hydrogen) atoms. The summed E-state index contributed by atoms with van der Waals surface area (Å²) in [4.78, 5) is 11.6. The van der Waals surface area contributed by atoms with Gasteiger partial charge < -0.3 is 15.2 Å². The van der Waals surface area contributed by atoms with Gasteiger partial charge in [-0.25, -0.2) is 0 Å². The van der Waals surface area contributed by atoms with E-state index in [1.54, 1.807) is 12.1 Å². The molecule has 0 fully saturated rings. The first-order chi connectivity index (χ1) is 7.33. The minimum absolute atomic E-state index is 0.116. The van der Waals surface area contributed by atoms with E-state index >= 15 is 0 Å². The average Bonchev–Trinajstić information content (AvgIpc) is 2.29. The van der Waals surface area contributed by atoms with Crippen LogP contribution in [0.15, 0.2) is 36.1 Å². The standard InChI is InChI=1S/C11H11NO3/c13-6-9-10(11(14)12-7-15-9)8-4-2-1-3-5-8/h1-5,13H,6-7H2,(H,12,14). The fourth-order valence-corrected chi connectivity index (χ4v) is 1.50. The smallest absolute Gasteiger partial charge is 0.257 e. The van der Waals surface area contributed by atoms with E-state index in [4.69, 9.17) is 9.84 Å². The Morgan fingerprint density at radius 3 is 2.73 bits per heavy atom. The number of aliphatic hydroxyl groups excluding tert-OH is 1. The molecule has 0 radical (unpaired) electrons. The summed E-state index contributed by atoms with van der Waals surface area (Å²) in [6, 6.07) is 9.14. The van der Waals surface area contributed by atoms with Crippen LogP contribution in [0, 0.1) is 0 Å². The molecule has 0 aromatic heterocycles. The number of benzene rings is 1. The number of carbonyl (C=O) groups excluding carboxylic acids is 1. The molecule has 1 aromatic carbocycles. The lowest BCUT2D eigenvalue weighted by molar-refractivity contribution is -0.118. The number of hydrogen-bond acceptors (Lipinski definition) is 3. The average molecular weight is 205 g/mol. The van der Waals surface area contributed by atoms with Crippen molar-refractivity contribution in [3.63, 3.8) is 0 Å². The molecule has 1 heterocycles. The van der Waals surface area contributed by atoms with Crippen LogP contribution in [0.4, 0.5) is 0 Å². The number of rotatable bonds is 2. The Bertz CT molecular complexity index is 398. The molecule has 0 atom stereocenters. The normalized spacial score (nSPS) is 15.9. The third-order valence-electron chi connectivity index (χ3n) is 2.19. The van der Waals surface area contributed by atoms with E-state index in [2.05, 4.69) is 5.32 Å². The SMILES string of the molecule is O=C1NCOC(CO)=C1c1ccccc1. The second kappa shape index (κ2) is 4.14. The van der Waals surface area contributed by atoms with Gasteiger partial charge in [-0.1, -0.05) is 30.3 Å². The Labute approximate surface area is 87.2 Å². The van der Waals surface area contributed by atoms with Gasteiger partial charge >= 0.3 is 0 Å². The van der Waals surface area contributed by atoms with Crippen molar-refractivity contribution in [1.29, 1.82) is 0 Å². The molecule has 0 saturated carbocycles. The van der Waals surface area contributed by atoms with E-state index in [1.165, 1.54) is 0 Å². The van der Waals surface area contributed by atoms with Gasteiger partial charge in [0.15, 0.2) is 6.73 Å². The molecule has 0 aliphatic carbocycles. The van der Waals surface area contributed by atoms with Crippen molar-refractivity contribution in [2.24, 2.45) is 0 Å². The van der Waals surface area contributed by atoms with E-state index < -0.39 is 0 Å². The molecule has 0 unspecified atom stereocenters. The molecule has 4 heteroatoms. The topological polar surface area (TPSA) is 58.6 Å². The van der Waals surface area contributed by atoms with Crippen LogP contribution in [-0.2, 0) is 9.53 Å². The van der Waals surface area contributed by atoms with Gasteiger partial charge in [-0.05, 0) is 5.56 Å². The first-order valence-electron chi connectivity index (χ1n) is 4.63. The highest BCUT2D eigenvalue weighted by atomic mass is 16.5. The number of hydrogen-bond donors (Lipinski definition) is 2. The summed E-state index contributed by atoms with van der Waals surface area (Å²) in [6.07, 6.45) is 0. The predicted molar refractivity (Wildman–Crippen MR) is 54.5 cm³/mol. The van der Waals surface area contributed by atoms with Crippen LogP contribution in [0.2, 0.25) is 0 Å². The number of aliphatic hydroxyl groups is 1. The summed E-state index contributed by atoms with van der Waals surface area (Å²) in [7, 11) is 0. The van der Waals surface area contributed by atoms with Crippen molar-refractivity contribution in [3.05, 3.63) is 41.7 Å². The fraction of sp³-hybridized carbons (Fsp3) is 0.182. The number of amides is 1. The lowest BCUT2D eigenvalue weighted by Gasteiger charge is -2.20. The fourth-order valence-electron chi connectivity index (χ4n) is 1.50. The van der Waals surface area contributed by atoms with Crippen molar-refractivity contribution >= 4 is 11.5 Å². The lowest BCUT2D eigenvalue weighted by Crippen LogP contribution is -2.33. The largest absolute Gasteiger partial charge is 0.474 e. The summed E-state index contributed by atoms with van der Waals surface area (Å²) >= 11 is 0. The van der Waals surface area contributed by atoms with Crippen LogP contribution in [-0.4, -0.2) is 24.4 Å². The highest BCUT2D eigenvalue weighted by Gasteiger charge is 2.22. The highest BCUT2D eigenvalue weighted by molar-refractivity contribution is 6.20. The number of carbonyl (C=O) groups is 1. The first kappa shape index (κ1) is 9.73. The lowest BCUT2D eigenvalue weighted by atomic mass is 10.0. The second-order valence-corrected chi connectivity index (χ2v) is 3.12. The van der Waals surface area contributed by atoms with Crippen LogP contribution in [0.1, 0.15) is 5.56 Å². The molecule has 0 spiro atoms. The maximum absolute atomic E-state index is 11.6. The van der Waals surface area contributed by atoms with E-state index in [0.717, 1.165) is 5.56 Å². The molecule has 78 valence electrons. The first-order valence-corrected chi connectivity index (χ1v) is 4.63. The number of nitrogens with one attached hydrogen (secondary N) is 1. The molecule has 1 amide bonds. The zero-order valence-electron chi connectivity index (χ0n) is 8.06. The summed E-state index contributed by atoms with van der Waals surface area (Å²) in [5.74, 6) is 0.112. The quantitative estimate of drug-likeness (QED) is 0.739. The van der Waals surface area contributed by atoms with Gasteiger partial charge in [-0.15, -0.1) is 0 Å². The monoisotopic (exact) mass is 205 g/mol. The van der Waals surface area contributed by atoms with Crippen LogP contribution in [0.25, 0.3) is 5.57 Å². The van der Waals surface area contributed by atoms with Crippen LogP contribution < -0.4 is 5.32 Å². The van der Waals surface area contributed by atoms with E-state index in [1.807, 2.05) is 18.2 Å². The second-order valence-electron chi connectivity index (χ2n) is 3.12. The highest BCUT2D eigenvalue weighted by Crippen LogP contribution is 2.21. The Morgan fingerprint density at radius 2 is 2.07 bits per heavy atom. The summed E-state index contributed by atoms with van der Waals surface area (Å²) in [5.41, 5.74) is 1.16. The maximum atomic E-state index is 11.6. The van der Waals surface area contributed by atoms with Crippen LogP contribution in [0.5, 0.6) is 0 Å². The molecule has 2 N–H and O–H groups in total. The van der Waals surface area contributed by atoms with Gasteiger partial charge in [0.05, 0.1) is 5.57 Å². The van der Waals surface area contributed by atoms with Crippen molar-refractivity contribution < 1.29 is 14.6 Å². The van der Waals surface area contributed by atoms with Crippen molar-refractivity contribution in [2.45, 2.75) is 0 Å². The maximum Gasteiger partial charge on any atom is 0.257 e. The molecule has 2 rings (SSSR count). The molecule has 0 saturated heterocycles. The van der Waals surface area contributed by atoms with Gasteiger partial charge in [0.25, 0.3) is 5.91 Å². The molecule has 1 aliphatic heterocycles. The van der Waals surface area contributed by atoms with Gasteiger partial charge in [0.2, 0.25) is 0 Å². The Morgan fingerprint density at radius 1 is 1.33 bits per heavy atom. The minimum atomic E-state index is -0.266. The van der Waals surface area contributed by atoms with Crippen molar-refractivity contribution in [3.8, 4) is 0 Å². The molecule has 4 nitrogen and oxygen atoms in total. The molecular weight excluding hydrogens is 194 g/mol. The van der Waals surface area contributed by atoms with E-state index in [9.17, 15) is 4.79 Å². The van der Waals surface area contributed by atoms with Gasteiger partial charge in [-0.2, -0.15) is 0 Å². The Kier molecular flexibility index (Phi) is 2.69. The zero-order valence-corrected chi connectivity index (χ0v) is 8.06. The van der Waals surface area contributed by atoms with Gasteiger partial charge in [-0.3, -0.25) is 4.79 Å². The van der Waals surface area contributed by atoms with Crippen molar-refractivity contribution in [2.75, 3.05) is 13.3 Å². The molecule has 1 aromatic rings. The third kappa shape index (κ3) is 1.85. The molecule has 1 aliphatic rings. The summed E-state index contributed by atoms with van der Waals surface area (Å²) in [5, 5.41) is 11.6. The minimum Gasteiger partial charge on any atom is -0.474 e. The summed E-state index contributed by atoms with van der Waals surface area (Å²) < 4.78 is 5.16.